The summed E-state index contributed by atoms with van der Waals surface area (Å²) in [5, 5.41) is 2.92. The highest BCUT2D eigenvalue weighted by Gasteiger charge is 2.08. The zero-order chi connectivity index (χ0) is 15.1. The summed E-state index contributed by atoms with van der Waals surface area (Å²) < 4.78 is 10.4. The smallest absolute Gasteiger partial charge is 0.244 e. The molecule has 0 radical (unpaired) electrons. The summed E-state index contributed by atoms with van der Waals surface area (Å²) in [6.45, 7) is 6.13. The summed E-state index contributed by atoms with van der Waals surface area (Å²) in [6.07, 6.45) is 3.24. The molecule has 0 bridgehead atoms. The molecule has 1 atom stereocenters. The van der Waals surface area contributed by atoms with Gasteiger partial charge in [0.2, 0.25) is 5.91 Å². The van der Waals surface area contributed by atoms with Crippen LogP contribution in [0.4, 0.5) is 0 Å². The minimum atomic E-state index is -0.115. The molecule has 1 aromatic rings. The number of nitrogens with one attached hydrogen (secondary N) is 1. The Labute approximate surface area is 120 Å². The zero-order valence-electron chi connectivity index (χ0n) is 12.8. The van der Waals surface area contributed by atoms with Gasteiger partial charge in [-0.2, -0.15) is 0 Å². The molecule has 4 nitrogen and oxygen atoms in total. The molecule has 1 aromatic carbocycles. The summed E-state index contributed by atoms with van der Waals surface area (Å²) in [6, 6.07) is 5.60. The van der Waals surface area contributed by atoms with E-state index in [-0.39, 0.29) is 11.9 Å². The van der Waals surface area contributed by atoms with Crippen molar-refractivity contribution in [1.82, 2.24) is 5.32 Å². The predicted molar refractivity (Wildman–Crippen MR) is 81.0 cm³/mol. The highest BCUT2D eigenvalue weighted by atomic mass is 16.5. The van der Waals surface area contributed by atoms with Crippen molar-refractivity contribution in [2.45, 2.75) is 26.8 Å². The van der Waals surface area contributed by atoms with Gasteiger partial charge >= 0.3 is 0 Å². The first-order chi connectivity index (χ1) is 9.47. The van der Waals surface area contributed by atoms with E-state index in [1.165, 1.54) is 6.08 Å². The molecule has 110 valence electrons. The summed E-state index contributed by atoms with van der Waals surface area (Å²) >= 11 is 0. The molecular weight excluding hydrogens is 254 g/mol. The number of rotatable bonds is 6. The monoisotopic (exact) mass is 277 g/mol. The summed E-state index contributed by atoms with van der Waals surface area (Å²) in [5.41, 5.74) is 0.805. The van der Waals surface area contributed by atoms with Gasteiger partial charge < -0.3 is 14.8 Å². The minimum absolute atomic E-state index is 0.115. The van der Waals surface area contributed by atoms with Gasteiger partial charge in [0.1, 0.15) is 11.5 Å². The average molecular weight is 277 g/mol. The number of ether oxygens (including phenoxy) is 2. The van der Waals surface area contributed by atoms with Gasteiger partial charge in [0, 0.05) is 17.7 Å². The third-order valence-electron chi connectivity index (χ3n) is 3.22. The molecule has 1 rings (SSSR count). The Morgan fingerprint density at radius 1 is 1.20 bits per heavy atom. The van der Waals surface area contributed by atoms with Crippen molar-refractivity contribution >= 4 is 12.0 Å². The molecule has 0 aromatic heterocycles. The Kier molecular flexibility index (Phi) is 6.10. The zero-order valence-corrected chi connectivity index (χ0v) is 12.8. The van der Waals surface area contributed by atoms with Crippen LogP contribution < -0.4 is 14.8 Å². The van der Waals surface area contributed by atoms with E-state index < -0.39 is 0 Å². The Bertz CT molecular complexity index is 481. The van der Waals surface area contributed by atoms with Crippen LogP contribution in [0.5, 0.6) is 11.5 Å². The van der Waals surface area contributed by atoms with E-state index in [1.54, 1.807) is 20.3 Å². The van der Waals surface area contributed by atoms with E-state index in [9.17, 15) is 4.79 Å². The molecule has 4 heteroatoms. The second kappa shape index (κ2) is 7.58. The molecule has 1 amide bonds. The van der Waals surface area contributed by atoms with Crippen molar-refractivity contribution in [2.75, 3.05) is 14.2 Å². The number of methoxy groups -OCH3 is 2. The fourth-order valence-electron chi connectivity index (χ4n) is 1.57. The molecule has 20 heavy (non-hydrogen) atoms. The largest absolute Gasteiger partial charge is 0.497 e. The molecule has 0 fully saturated rings. The van der Waals surface area contributed by atoms with Crippen molar-refractivity contribution in [1.29, 1.82) is 0 Å². The quantitative estimate of drug-likeness (QED) is 0.813. The molecule has 0 aliphatic heterocycles. The molecule has 0 aliphatic carbocycles. The Balaban J connectivity index is 2.81. The minimum Gasteiger partial charge on any atom is -0.497 e. The third kappa shape index (κ3) is 4.61. The lowest BCUT2D eigenvalue weighted by Gasteiger charge is -2.16. The van der Waals surface area contributed by atoms with Gasteiger partial charge in [-0.15, -0.1) is 0 Å². The van der Waals surface area contributed by atoms with Crippen molar-refractivity contribution in [3.05, 3.63) is 29.8 Å². The first kappa shape index (κ1) is 16.1. The standard InChI is InChI=1S/C16H23NO3/c1-11(2)12(3)17-16(18)9-6-13-10-14(19-4)7-8-15(13)20-5/h6-12H,1-5H3,(H,17,18)/b9-6+. The maximum Gasteiger partial charge on any atom is 0.244 e. The van der Waals surface area contributed by atoms with Crippen LogP contribution in [0.3, 0.4) is 0 Å². The third-order valence-corrected chi connectivity index (χ3v) is 3.22. The van der Waals surface area contributed by atoms with E-state index >= 15 is 0 Å². The maximum atomic E-state index is 11.8. The van der Waals surface area contributed by atoms with Crippen LogP contribution in [-0.2, 0) is 4.79 Å². The van der Waals surface area contributed by atoms with Crippen LogP contribution in [-0.4, -0.2) is 26.2 Å². The van der Waals surface area contributed by atoms with Crippen LogP contribution in [0.25, 0.3) is 6.08 Å². The molecule has 0 aliphatic rings. The Hall–Kier alpha value is -1.97. The Morgan fingerprint density at radius 2 is 1.90 bits per heavy atom. The first-order valence-electron chi connectivity index (χ1n) is 6.68. The number of benzene rings is 1. The van der Waals surface area contributed by atoms with Crippen LogP contribution in [0, 0.1) is 5.92 Å². The highest BCUT2D eigenvalue weighted by Crippen LogP contribution is 2.24. The molecule has 1 unspecified atom stereocenters. The summed E-state index contributed by atoms with van der Waals surface area (Å²) in [5.74, 6) is 1.71. The van der Waals surface area contributed by atoms with Crippen molar-refractivity contribution in [3.8, 4) is 11.5 Å². The molecule has 0 spiro atoms. The normalized spacial score (nSPS) is 12.5. The number of carbonyl (C=O) groups is 1. The van der Waals surface area contributed by atoms with Gasteiger partial charge in [0.15, 0.2) is 0 Å². The predicted octanol–water partition coefficient (Wildman–Crippen LogP) is 2.88. The Morgan fingerprint density at radius 3 is 2.45 bits per heavy atom. The van der Waals surface area contributed by atoms with E-state index in [2.05, 4.69) is 19.2 Å². The summed E-state index contributed by atoms with van der Waals surface area (Å²) in [4.78, 5) is 11.8. The second-order valence-electron chi connectivity index (χ2n) is 4.98. The highest BCUT2D eigenvalue weighted by molar-refractivity contribution is 5.92. The lowest BCUT2D eigenvalue weighted by Crippen LogP contribution is -2.34. The van der Waals surface area contributed by atoms with Gasteiger partial charge in [-0.1, -0.05) is 13.8 Å². The average Bonchev–Trinajstić information content (AvgIpc) is 2.44. The van der Waals surface area contributed by atoms with Gasteiger partial charge in [-0.25, -0.2) is 0 Å². The van der Waals surface area contributed by atoms with Crippen LogP contribution in [0.1, 0.15) is 26.3 Å². The number of hydrogen-bond acceptors (Lipinski definition) is 3. The van der Waals surface area contributed by atoms with Crippen LogP contribution >= 0.6 is 0 Å². The summed E-state index contributed by atoms with van der Waals surface area (Å²) in [7, 11) is 3.20. The number of hydrogen-bond donors (Lipinski definition) is 1. The maximum absolute atomic E-state index is 11.8. The van der Waals surface area contributed by atoms with Gasteiger partial charge in [0.05, 0.1) is 14.2 Å². The fourth-order valence-corrected chi connectivity index (χ4v) is 1.57. The van der Waals surface area contributed by atoms with Crippen molar-refractivity contribution in [2.24, 2.45) is 5.92 Å². The first-order valence-corrected chi connectivity index (χ1v) is 6.68. The van der Waals surface area contributed by atoms with Gasteiger partial charge in [-0.3, -0.25) is 4.79 Å². The van der Waals surface area contributed by atoms with Crippen molar-refractivity contribution in [3.63, 3.8) is 0 Å². The lowest BCUT2D eigenvalue weighted by molar-refractivity contribution is -0.117. The van der Waals surface area contributed by atoms with Crippen LogP contribution in [0.2, 0.25) is 0 Å². The molecule has 1 N–H and O–H groups in total. The SMILES string of the molecule is COc1ccc(OC)c(/C=C/C(=O)NC(C)C(C)C)c1. The number of carbonyl (C=O) groups excluding carboxylic acids is 1. The van der Waals surface area contributed by atoms with E-state index in [0.29, 0.717) is 11.7 Å². The lowest BCUT2D eigenvalue weighted by atomic mass is 10.1. The number of amides is 1. The van der Waals surface area contributed by atoms with E-state index in [1.807, 2.05) is 25.1 Å². The molecule has 0 saturated heterocycles. The second-order valence-corrected chi connectivity index (χ2v) is 4.98. The molecule has 0 heterocycles. The van der Waals surface area contributed by atoms with Gasteiger partial charge in [0.25, 0.3) is 0 Å². The molecular formula is C16H23NO3. The van der Waals surface area contributed by atoms with Gasteiger partial charge in [-0.05, 0) is 37.1 Å². The molecule has 0 saturated carbocycles. The van der Waals surface area contributed by atoms with E-state index in [0.717, 1.165) is 11.3 Å². The topological polar surface area (TPSA) is 47.6 Å². The van der Waals surface area contributed by atoms with Crippen LogP contribution in [0.15, 0.2) is 24.3 Å². The van der Waals surface area contributed by atoms with E-state index in [4.69, 9.17) is 9.47 Å². The van der Waals surface area contributed by atoms with Crippen molar-refractivity contribution < 1.29 is 14.3 Å². The fraction of sp³-hybridized carbons (Fsp3) is 0.438.